The molecule has 2 aromatic rings. The summed E-state index contributed by atoms with van der Waals surface area (Å²) in [5, 5.41) is 6.28. The molecule has 2 atom stereocenters. The van der Waals surface area contributed by atoms with E-state index in [0.29, 0.717) is 23.6 Å². The Kier molecular flexibility index (Phi) is 9.31. The first-order chi connectivity index (χ1) is 15.1. The van der Waals surface area contributed by atoms with Crippen LogP contribution in [0.2, 0.25) is 5.02 Å². The molecule has 2 amide bonds. The van der Waals surface area contributed by atoms with Gasteiger partial charge >= 0.3 is 0 Å². The van der Waals surface area contributed by atoms with Crippen LogP contribution in [0.15, 0.2) is 47.1 Å². The molecule has 0 aliphatic carbocycles. The van der Waals surface area contributed by atoms with Gasteiger partial charge in [-0.3, -0.25) is 14.5 Å². The zero-order valence-electron chi connectivity index (χ0n) is 17.8. The molecule has 2 heterocycles. The molecule has 0 spiro atoms. The van der Waals surface area contributed by atoms with E-state index in [2.05, 4.69) is 15.5 Å². The number of thioether (sulfide) groups is 1. The number of nitrogens with one attached hydrogen (secondary N) is 2. The molecule has 1 aromatic carbocycles. The zero-order chi connectivity index (χ0) is 22.1. The van der Waals surface area contributed by atoms with Gasteiger partial charge in [0, 0.05) is 6.54 Å². The van der Waals surface area contributed by atoms with E-state index >= 15 is 0 Å². The van der Waals surface area contributed by atoms with Crippen molar-refractivity contribution in [1.29, 1.82) is 0 Å². The molecule has 1 saturated heterocycles. The molecule has 1 aromatic heterocycles. The highest BCUT2D eigenvalue weighted by atomic mass is 35.5. The smallest absolute Gasteiger partial charge is 0.253 e. The maximum absolute atomic E-state index is 13.0. The summed E-state index contributed by atoms with van der Waals surface area (Å²) >= 11 is 7.79. The largest absolute Gasteiger partial charge is 0.468 e. The molecule has 3 rings (SSSR count). The fourth-order valence-corrected chi connectivity index (χ4v) is 4.52. The second-order valence-corrected chi connectivity index (χ2v) is 9.05. The van der Waals surface area contributed by atoms with E-state index in [0.717, 1.165) is 37.4 Å². The van der Waals surface area contributed by atoms with Gasteiger partial charge in [0.15, 0.2) is 0 Å². The number of hydrogen-bond acceptors (Lipinski definition) is 5. The Morgan fingerprint density at radius 1 is 1.16 bits per heavy atom. The van der Waals surface area contributed by atoms with E-state index in [9.17, 15) is 9.59 Å². The third-order valence-corrected chi connectivity index (χ3v) is 6.50. The highest BCUT2D eigenvalue weighted by molar-refractivity contribution is 7.98. The monoisotopic (exact) mass is 463 g/mol. The number of likely N-dealkylation sites (tertiary alicyclic amines) is 1. The first-order valence-electron chi connectivity index (χ1n) is 10.7. The van der Waals surface area contributed by atoms with Gasteiger partial charge in [-0.1, -0.05) is 30.2 Å². The Bertz CT molecular complexity index is 840. The zero-order valence-corrected chi connectivity index (χ0v) is 19.4. The Balaban J connectivity index is 1.66. The molecule has 168 valence electrons. The molecule has 31 heavy (non-hydrogen) atoms. The SMILES string of the molecule is CSCC[C@@H](NC(=O)c1ccccc1Cl)C(=O)NC[C@H](c1ccco1)N1CCCCC1. The standard InChI is InChI=1S/C23H30ClN3O3S/c1-31-15-11-19(26-22(28)17-8-3-4-9-18(17)24)23(29)25-16-20(21-10-7-14-30-21)27-12-5-2-6-13-27/h3-4,7-10,14,19-20H,2,5-6,11-13,15-16H2,1H3,(H,25,29)(H,26,28)/t19-,20-/m1/s1. The van der Waals surface area contributed by atoms with Crippen LogP contribution in [0.5, 0.6) is 0 Å². The van der Waals surface area contributed by atoms with Crippen LogP contribution in [0.1, 0.15) is 47.8 Å². The Labute approximate surface area is 193 Å². The maximum Gasteiger partial charge on any atom is 0.253 e. The topological polar surface area (TPSA) is 74.6 Å². The minimum absolute atomic E-state index is 0.0141. The number of piperidine rings is 1. The van der Waals surface area contributed by atoms with Crippen molar-refractivity contribution in [2.45, 2.75) is 37.8 Å². The van der Waals surface area contributed by atoms with E-state index in [4.69, 9.17) is 16.0 Å². The number of benzene rings is 1. The fraction of sp³-hybridized carbons (Fsp3) is 0.478. The normalized spacial score (nSPS) is 16.5. The lowest BCUT2D eigenvalue weighted by Crippen LogP contribution is -2.49. The van der Waals surface area contributed by atoms with Gasteiger partial charge in [-0.15, -0.1) is 0 Å². The van der Waals surface area contributed by atoms with Crippen LogP contribution >= 0.6 is 23.4 Å². The number of carbonyl (C=O) groups excluding carboxylic acids is 2. The van der Waals surface area contributed by atoms with Gasteiger partial charge in [0.25, 0.3) is 5.91 Å². The number of hydrogen-bond donors (Lipinski definition) is 2. The number of amides is 2. The summed E-state index contributed by atoms with van der Waals surface area (Å²) in [5.74, 6) is 1.07. The van der Waals surface area contributed by atoms with Crippen molar-refractivity contribution in [3.63, 3.8) is 0 Å². The van der Waals surface area contributed by atoms with Crippen LogP contribution in [0.25, 0.3) is 0 Å². The Hall–Kier alpha value is -1.96. The molecule has 6 nitrogen and oxygen atoms in total. The van der Waals surface area contributed by atoms with E-state index in [1.54, 1.807) is 42.3 Å². The maximum atomic E-state index is 13.0. The molecule has 1 aliphatic rings. The summed E-state index contributed by atoms with van der Waals surface area (Å²) < 4.78 is 5.66. The predicted molar refractivity (Wildman–Crippen MR) is 126 cm³/mol. The Morgan fingerprint density at radius 3 is 2.61 bits per heavy atom. The van der Waals surface area contributed by atoms with Crippen molar-refractivity contribution in [3.8, 4) is 0 Å². The van der Waals surface area contributed by atoms with Crippen molar-refractivity contribution >= 4 is 35.2 Å². The lowest BCUT2D eigenvalue weighted by Gasteiger charge is -2.33. The molecule has 0 radical (unpaired) electrons. The summed E-state index contributed by atoms with van der Waals surface area (Å²) in [7, 11) is 0. The fourth-order valence-electron chi connectivity index (χ4n) is 3.83. The average Bonchev–Trinajstić information content (AvgIpc) is 3.32. The van der Waals surface area contributed by atoms with Crippen LogP contribution in [0.4, 0.5) is 0 Å². The minimum Gasteiger partial charge on any atom is -0.468 e. The van der Waals surface area contributed by atoms with Crippen LogP contribution in [-0.4, -0.2) is 54.4 Å². The second-order valence-electron chi connectivity index (χ2n) is 7.66. The van der Waals surface area contributed by atoms with Gasteiger partial charge in [-0.05, 0) is 68.6 Å². The Morgan fingerprint density at radius 2 is 1.94 bits per heavy atom. The summed E-state index contributed by atoms with van der Waals surface area (Å²) in [5.41, 5.74) is 0.368. The van der Waals surface area contributed by atoms with Gasteiger partial charge in [-0.2, -0.15) is 11.8 Å². The van der Waals surface area contributed by atoms with Crippen molar-refractivity contribution in [1.82, 2.24) is 15.5 Å². The third kappa shape index (κ3) is 6.76. The lowest BCUT2D eigenvalue weighted by molar-refractivity contribution is -0.123. The molecule has 1 aliphatic heterocycles. The molecule has 0 saturated carbocycles. The van der Waals surface area contributed by atoms with E-state index in [1.807, 2.05) is 18.4 Å². The van der Waals surface area contributed by atoms with E-state index in [-0.39, 0.29) is 17.9 Å². The molecular formula is C23H30ClN3O3S. The van der Waals surface area contributed by atoms with Gasteiger partial charge in [0.05, 0.1) is 22.9 Å². The first-order valence-corrected chi connectivity index (χ1v) is 12.5. The minimum atomic E-state index is -0.630. The van der Waals surface area contributed by atoms with Crippen LogP contribution in [-0.2, 0) is 4.79 Å². The number of rotatable bonds is 10. The molecule has 2 N–H and O–H groups in total. The number of furan rings is 1. The van der Waals surface area contributed by atoms with Crippen LogP contribution in [0, 0.1) is 0 Å². The molecule has 8 heteroatoms. The van der Waals surface area contributed by atoms with Crippen molar-refractivity contribution in [2.24, 2.45) is 0 Å². The van der Waals surface area contributed by atoms with E-state index < -0.39 is 6.04 Å². The summed E-state index contributed by atoms with van der Waals surface area (Å²) in [6.07, 6.45) is 7.72. The van der Waals surface area contributed by atoms with Gasteiger partial charge in [0.2, 0.25) is 5.91 Å². The number of halogens is 1. The number of nitrogens with zero attached hydrogens (tertiary/aromatic N) is 1. The van der Waals surface area contributed by atoms with Gasteiger partial charge in [-0.25, -0.2) is 0 Å². The van der Waals surface area contributed by atoms with Crippen molar-refractivity contribution in [2.75, 3.05) is 31.6 Å². The van der Waals surface area contributed by atoms with Crippen molar-refractivity contribution < 1.29 is 14.0 Å². The van der Waals surface area contributed by atoms with E-state index in [1.165, 1.54) is 6.42 Å². The second kappa shape index (κ2) is 12.2. The first kappa shape index (κ1) is 23.7. The van der Waals surface area contributed by atoms with Crippen LogP contribution < -0.4 is 10.6 Å². The summed E-state index contributed by atoms with van der Waals surface area (Å²) in [4.78, 5) is 28.1. The van der Waals surface area contributed by atoms with Crippen LogP contribution in [0.3, 0.4) is 0 Å². The molecular weight excluding hydrogens is 434 g/mol. The molecule has 1 fully saturated rings. The highest BCUT2D eigenvalue weighted by Gasteiger charge is 2.27. The average molecular weight is 464 g/mol. The quantitative estimate of drug-likeness (QED) is 0.554. The summed E-state index contributed by atoms with van der Waals surface area (Å²) in [6.45, 7) is 2.41. The molecule has 0 bridgehead atoms. The molecule has 0 unspecified atom stereocenters. The number of carbonyl (C=O) groups is 2. The van der Waals surface area contributed by atoms with Gasteiger partial charge < -0.3 is 15.1 Å². The lowest BCUT2D eigenvalue weighted by atomic mass is 10.1. The van der Waals surface area contributed by atoms with Gasteiger partial charge in [0.1, 0.15) is 11.8 Å². The predicted octanol–water partition coefficient (Wildman–Crippen LogP) is 4.13. The summed E-state index contributed by atoms with van der Waals surface area (Å²) in [6, 6.07) is 10.0. The highest BCUT2D eigenvalue weighted by Crippen LogP contribution is 2.24. The third-order valence-electron chi connectivity index (χ3n) is 5.52. The van der Waals surface area contributed by atoms with Crippen molar-refractivity contribution in [3.05, 3.63) is 59.0 Å².